The van der Waals surface area contributed by atoms with E-state index in [1.165, 1.54) is 0 Å². The SMILES string of the molecule is CCOc1cc(C2NC(=O)NC(C)=C2C(=O)OCc2ccccc2)cc(Br)c1OC. The molecule has 0 aliphatic carbocycles. The number of allylic oxidation sites excluding steroid dienone is 1. The summed E-state index contributed by atoms with van der Waals surface area (Å²) in [4.78, 5) is 25.1. The number of esters is 1. The third-order valence-electron chi connectivity index (χ3n) is 4.57. The van der Waals surface area contributed by atoms with Crippen LogP contribution in [0.4, 0.5) is 4.79 Å². The lowest BCUT2D eigenvalue weighted by atomic mass is 9.95. The molecule has 1 heterocycles. The lowest BCUT2D eigenvalue weighted by Crippen LogP contribution is -2.45. The van der Waals surface area contributed by atoms with Crippen molar-refractivity contribution in [1.82, 2.24) is 10.6 Å². The van der Waals surface area contributed by atoms with Crippen molar-refractivity contribution in [3.05, 3.63) is 69.3 Å². The van der Waals surface area contributed by atoms with Crippen LogP contribution < -0.4 is 20.1 Å². The summed E-state index contributed by atoms with van der Waals surface area (Å²) in [5.41, 5.74) is 2.29. The fourth-order valence-electron chi connectivity index (χ4n) is 3.23. The van der Waals surface area contributed by atoms with E-state index in [0.717, 1.165) is 5.56 Å². The quantitative estimate of drug-likeness (QED) is 0.586. The number of rotatable bonds is 7. The van der Waals surface area contributed by atoms with E-state index in [1.54, 1.807) is 26.2 Å². The highest BCUT2D eigenvalue weighted by Crippen LogP contribution is 2.40. The first-order valence-electron chi connectivity index (χ1n) is 9.44. The smallest absolute Gasteiger partial charge is 0.338 e. The van der Waals surface area contributed by atoms with Crippen LogP contribution in [0, 0.1) is 0 Å². The van der Waals surface area contributed by atoms with Crippen molar-refractivity contribution >= 4 is 27.9 Å². The summed E-state index contributed by atoms with van der Waals surface area (Å²) in [6.07, 6.45) is 0. The lowest BCUT2D eigenvalue weighted by molar-refractivity contribution is -0.140. The molecule has 2 N–H and O–H groups in total. The standard InChI is InChI=1S/C22H23BrN2O5/c1-4-29-17-11-15(10-16(23)20(17)28-3)19-18(13(2)24-22(27)25-19)21(26)30-12-14-8-6-5-7-9-14/h5-11,19H,4,12H2,1-3H3,(H2,24,25,27). The summed E-state index contributed by atoms with van der Waals surface area (Å²) < 4.78 is 17.2. The van der Waals surface area contributed by atoms with Gasteiger partial charge in [-0.1, -0.05) is 30.3 Å². The Labute approximate surface area is 183 Å². The third kappa shape index (κ3) is 4.76. The van der Waals surface area contributed by atoms with Gasteiger partial charge in [-0.2, -0.15) is 0 Å². The Balaban J connectivity index is 1.94. The fourth-order valence-corrected chi connectivity index (χ4v) is 3.85. The molecule has 0 saturated carbocycles. The molecule has 1 atom stereocenters. The van der Waals surface area contributed by atoms with Crippen LogP contribution in [0.3, 0.4) is 0 Å². The Bertz CT molecular complexity index is 975. The topological polar surface area (TPSA) is 85.9 Å². The molecule has 0 radical (unpaired) electrons. The normalized spacial score (nSPS) is 15.9. The summed E-state index contributed by atoms with van der Waals surface area (Å²) in [6.45, 7) is 4.11. The Morgan fingerprint density at radius 2 is 1.93 bits per heavy atom. The van der Waals surface area contributed by atoms with Crippen LogP contribution >= 0.6 is 15.9 Å². The number of amides is 2. The first-order chi connectivity index (χ1) is 14.4. The fraction of sp³-hybridized carbons (Fsp3) is 0.273. The van der Waals surface area contributed by atoms with Gasteiger partial charge in [0.1, 0.15) is 6.61 Å². The number of ether oxygens (including phenoxy) is 3. The summed E-state index contributed by atoms with van der Waals surface area (Å²) in [5.74, 6) is 0.528. The van der Waals surface area contributed by atoms with Crippen molar-refractivity contribution in [2.24, 2.45) is 0 Å². The van der Waals surface area contributed by atoms with Crippen LogP contribution in [0.25, 0.3) is 0 Å². The van der Waals surface area contributed by atoms with Crippen LogP contribution in [0.5, 0.6) is 11.5 Å². The van der Waals surface area contributed by atoms with Crippen molar-refractivity contribution in [2.75, 3.05) is 13.7 Å². The Morgan fingerprint density at radius 3 is 2.60 bits per heavy atom. The zero-order chi connectivity index (χ0) is 21.7. The number of hydrogen-bond acceptors (Lipinski definition) is 5. The number of carbonyl (C=O) groups excluding carboxylic acids is 2. The van der Waals surface area contributed by atoms with Gasteiger partial charge in [-0.05, 0) is 53.0 Å². The molecule has 3 rings (SSSR count). The van der Waals surface area contributed by atoms with E-state index in [0.29, 0.717) is 39.4 Å². The first kappa shape index (κ1) is 21.7. The van der Waals surface area contributed by atoms with Crippen molar-refractivity contribution in [1.29, 1.82) is 0 Å². The molecule has 1 aliphatic heterocycles. The molecule has 1 unspecified atom stereocenters. The average molecular weight is 475 g/mol. The zero-order valence-corrected chi connectivity index (χ0v) is 18.5. The number of carbonyl (C=O) groups is 2. The van der Waals surface area contributed by atoms with E-state index in [-0.39, 0.29) is 6.61 Å². The molecule has 0 spiro atoms. The van der Waals surface area contributed by atoms with E-state index in [4.69, 9.17) is 14.2 Å². The highest BCUT2D eigenvalue weighted by atomic mass is 79.9. The highest BCUT2D eigenvalue weighted by Gasteiger charge is 2.33. The van der Waals surface area contributed by atoms with Gasteiger partial charge in [-0.25, -0.2) is 9.59 Å². The molecule has 2 aromatic carbocycles. The van der Waals surface area contributed by atoms with Crippen LogP contribution in [-0.2, 0) is 16.1 Å². The second-order valence-corrected chi connectivity index (χ2v) is 7.45. The van der Waals surface area contributed by atoms with E-state index in [9.17, 15) is 9.59 Å². The largest absolute Gasteiger partial charge is 0.492 e. The molecule has 0 aromatic heterocycles. The number of methoxy groups -OCH3 is 1. The van der Waals surface area contributed by atoms with Crippen molar-refractivity contribution in [3.63, 3.8) is 0 Å². The Morgan fingerprint density at radius 1 is 1.20 bits per heavy atom. The molecule has 0 bridgehead atoms. The Hall–Kier alpha value is -3.00. The maximum Gasteiger partial charge on any atom is 0.338 e. The Kier molecular flexibility index (Phi) is 6.99. The molecule has 7 nitrogen and oxygen atoms in total. The second kappa shape index (κ2) is 9.67. The third-order valence-corrected chi connectivity index (χ3v) is 5.16. The predicted molar refractivity (Wildman–Crippen MR) is 115 cm³/mol. The number of urea groups is 1. The minimum atomic E-state index is -0.705. The average Bonchev–Trinajstić information content (AvgIpc) is 2.72. The van der Waals surface area contributed by atoms with Gasteiger partial charge in [0.25, 0.3) is 0 Å². The predicted octanol–water partition coefficient (Wildman–Crippen LogP) is 4.23. The van der Waals surface area contributed by atoms with Crippen molar-refractivity contribution in [3.8, 4) is 11.5 Å². The van der Waals surface area contributed by atoms with Gasteiger partial charge in [0.15, 0.2) is 11.5 Å². The molecule has 0 fully saturated rings. The maximum atomic E-state index is 13.0. The molecule has 8 heteroatoms. The molecule has 158 valence electrons. The highest BCUT2D eigenvalue weighted by molar-refractivity contribution is 9.10. The van der Waals surface area contributed by atoms with Crippen LogP contribution in [0.15, 0.2) is 58.2 Å². The van der Waals surface area contributed by atoms with Gasteiger partial charge in [0.05, 0.1) is 29.8 Å². The van der Waals surface area contributed by atoms with Gasteiger partial charge in [-0.3, -0.25) is 0 Å². The minimum Gasteiger partial charge on any atom is -0.492 e. The van der Waals surface area contributed by atoms with Crippen molar-refractivity contribution < 1.29 is 23.8 Å². The molecule has 2 aromatic rings. The molecular formula is C22H23BrN2O5. The van der Waals surface area contributed by atoms with Crippen molar-refractivity contribution in [2.45, 2.75) is 26.5 Å². The zero-order valence-electron chi connectivity index (χ0n) is 17.0. The van der Waals surface area contributed by atoms with Gasteiger partial charge < -0.3 is 24.8 Å². The first-order valence-corrected chi connectivity index (χ1v) is 10.2. The van der Waals surface area contributed by atoms with Gasteiger partial charge in [0, 0.05) is 5.70 Å². The summed E-state index contributed by atoms with van der Waals surface area (Å²) in [7, 11) is 1.55. The van der Waals surface area contributed by atoms with Crippen LogP contribution in [-0.4, -0.2) is 25.7 Å². The number of hydrogen-bond donors (Lipinski definition) is 2. The van der Waals surface area contributed by atoms with Gasteiger partial charge in [0.2, 0.25) is 0 Å². The van der Waals surface area contributed by atoms with E-state index in [2.05, 4.69) is 26.6 Å². The van der Waals surface area contributed by atoms with E-state index in [1.807, 2.05) is 37.3 Å². The summed E-state index contributed by atoms with van der Waals surface area (Å²) in [6, 6.07) is 11.8. The lowest BCUT2D eigenvalue weighted by Gasteiger charge is -2.29. The monoisotopic (exact) mass is 474 g/mol. The van der Waals surface area contributed by atoms with E-state index < -0.39 is 18.0 Å². The van der Waals surface area contributed by atoms with Crippen LogP contribution in [0.1, 0.15) is 31.0 Å². The molecule has 1 aliphatic rings. The molecule has 30 heavy (non-hydrogen) atoms. The number of nitrogens with one attached hydrogen (secondary N) is 2. The minimum absolute atomic E-state index is 0.133. The van der Waals surface area contributed by atoms with Gasteiger partial charge >= 0.3 is 12.0 Å². The number of halogens is 1. The molecule has 2 amide bonds. The van der Waals surface area contributed by atoms with E-state index >= 15 is 0 Å². The van der Waals surface area contributed by atoms with Crippen LogP contribution in [0.2, 0.25) is 0 Å². The maximum absolute atomic E-state index is 13.0. The molecule has 0 saturated heterocycles. The summed E-state index contributed by atoms with van der Waals surface area (Å²) >= 11 is 3.48. The second-order valence-electron chi connectivity index (χ2n) is 6.60. The molecular weight excluding hydrogens is 452 g/mol. The summed E-state index contributed by atoms with van der Waals surface area (Å²) in [5, 5.41) is 5.45. The van der Waals surface area contributed by atoms with Gasteiger partial charge in [-0.15, -0.1) is 0 Å². The number of benzene rings is 2.